The first-order valence-electron chi connectivity index (χ1n) is 5.58. The maximum Gasteiger partial charge on any atom is 0.335 e. The van der Waals surface area contributed by atoms with Crippen molar-refractivity contribution in [3.63, 3.8) is 0 Å². The van der Waals surface area contributed by atoms with E-state index in [1.165, 1.54) is 0 Å². The van der Waals surface area contributed by atoms with E-state index in [2.05, 4.69) is 0 Å². The summed E-state index contributed by atoms with van der Waals surface area (Å²) in [5.74, 6) is -1.28. The summed E-state index contributed by atoms with van der Waals surface area (Å²) in [5, 5.41) is 19.3. The number of carboxylic acids is 1. The second-order valence-electron chi connectivity index (χ2n) is 4.38. The van der Waals surface area contributed by atoms with Crippen LogP contribution in [0.3, 0.4) is 0 Å². The molecule has 4 heteroatoms. The summed E-state index contributed by atoms with van der Waals surface area (Å²) < 4.78 is 5.36. The molecule has 0 bridgehead atoms. The fraction of sp³-hybridized carbons (Fsp3) is 0.909. The van der Waals surface area contributed by atoms with Crippen molar-refractivity contribution in [3.8, 4) is 0 Å². The summed E-state index contributed by atoms with van der Waals surface area (Å²) in [7, 11) is 0. The Labute approximate surface area is 90.2 Å². The van der Waals surface area contributed by atoms with Gasteiger partial charge < -0.3 is 14.9 Å². The Bertz CT molecular complexity index is 229. The minimum atomic E-state index is -1.56. The normalized spacial score (nSPS) is 30.9. The van der Waals surface area contributed by atoms with Crippen molar-refractivity contribution in [2.75, 3.05) is 6.61 Å². The average Bonchev–Trinajstić information content (AvgIpc) is 2.17. The highest BCUT2D eigenvalue weighted by atomic mass is 16.5. The Kier molecular flexibility index (Phi) is 4.11. The summed E-state index contributed by atoms with van der Waals surface area (Å²) in [6, 6.07) is 0. The van der Waals surface area contributed by atoms with Crippen LogP contribution in [0.25, 0.3) is 0 Å². The maximum absolute atomic E-state index is 11.1. The molecule has 1 saturated heterocycles. The van der Waals surface area contributed by atoms with Crippen LogP contribution in [0.1, 0.15) is 39.5 Å². The highest BCUT2D eigenvalue weighted by molar-refractivity contribution is 5.77. The van der Waals surface area contributed by atoms with Crippen LogP contribution in [0.2, 0.25) is 0 Å². The first kappa shape index (κ1) is 12.5. The second-order valence-corrected chi connectivity index (χ2v) is 4.38. The van der Waals surface area contributed by atoms with Gasteiger partial charge in [0.25, 0.3) is 0 Å². The van der Waals surface area contributed by atoms with Gasteiger partial charge in [0.1, 0.15) is 0 Å². The fourth-order valence-corrected chi connectivity index (χ4v) is 2.30. The molecule has 0 radical (unpaired) electrons. The molecule has 1 rings (SSSR count). The van der Waals surface area contributed by atoms with Gasteiger partial charge >= 0.3 is 5.97 Å². The van der Waals surface area contributed by atoms with Crippen molar-refractivity contribution in [2.45, 2.75) is 51.2 Å². The van der Waals surface area contributed by atoms with Crippen LogP contribution in [-0.2, 0) is 9.53 Å². The molecule has 0 spiro atoms. The van der Waals surface area contributed by atoms with Gasteiger partial charge in [-0.25, -0.2) is 4.79 Å². The van der Waals surface area contributed by atoms with Crippen LogP contribution in [0.5, 0.6) is 0 Å². The Morgan fingerprint density at radius 3 is 2.73 bits per heavy atom. The fourth-order valence-electron chi connectivity index (χ4n) is 2.30. The van der Waals surface area contributed by atoms with E-state index >= 15 is 0 Å². The Balaban J connectivity index is 2.74. The summed E-state index contributed by atoms with van der Waals surface area (Å²) in [5.41, 5.74) is -1.56. The lowest BCUT2D eigenvalue weighted by Gasteiger charge is -2.37. The molecule has 1 aliphatic rings. The number of ether oxygens (including phenoxy) is 1. The van der Waals surface area contributed by atoms with Gasteiger partial charge in [-0.2, -0.15) is 0 Å². The van der Waals surface area contributed by atoms with Gasteiger partial charge in [-0.15, -0.1) is 0 Å². The van der Waals surface area contributed by atoms with Gasteiger partial charge in [-0.3, -0.25) is 0 Å². The number of hydrogen-bond acceptors (Lipinski definition) is 3. The Morgan fingerprint density at radius 1 is 1.60 bits per heavy atom. The monoisotopic (exact) mass is 216 g/mol. The molecular weight excluding hydrogens is 196 g/mol. The zero-order valence-electron chi connectivity index (χ0n) is 9.40. The van der Waals surface area contributed by atoms with Gasteiger partial charge in [0.15, 0.2) is 5.60 Å². The molecule has 1 aliphatic heterocycles. The molecule has 3 unspecified atom stereocenters. The highest BCUT2D eigenvalue weighted by Crippen LogP contribution is 2.33. The third-order valence-electron chi connectivity index (χ3n) is 3.16. The zero-order valence-corrected chi connectivity index (χ0v) is 9.40. The van der Waals surface area contributed by atoms with E-state index in [0.29, 0.717) is 32.3 Å². The first-order valence-corrected chi connectivity index (χ1v) is 5.58. The number of aliphatic carboxylic acids is 1. The van der Waals surface area contributed by atoms with Crippen molar-refractivity contribution in [2.24, 2.45) is 5.92 Å². The van der Waals surface area contributed by atoms with Crippen LogP contribution in [-0.4, -0.2) is 34.5 Å². The number of hydrogen-bond donors (Lipinski definition) is 2. The minimum Gasteiger partial charge on any atom is -0.479 e. The highest BCUT2D eigenvalue weighted by Gasteiger charge is 2.44. The predicted molar refractivity (Wildman–Crippen MR) is 55.6 cm³/mol. The van der Waals surface area contributed by atoms with E-state index in [1.54, 1.807) is 0 Å². The molecule has 0 amide bonds. The molecule has 0 aromatic heterocycles. The number of rotatable bonds is 4. The molecule has 0 aromatic rings. The molecule has 0 saturated carbocycles. The van der Waals surface area contributed by atoms with E-state index in [1.807, 2.05) is 13.8 Å². The topological polar surface area (TPSA) is 66.8 Å². The quantitative estimate of drug-likeness (QED) is 0.745. The molecule has 4 nitrogen and oxygen atoms in total. The number of carbonyl (C=O) groups is 1. The summed E-state index contributed by atoms with van der Waals surface area (Å²) in [4.78, 5) is 11.1. The lowest BCUT2D eigenvalue weighted by Crippen LogP contribution is -2.48. The number of carboxylic acid groups (broad SMARTS) is 1. The molecule has 15 heavy (non-hydrogen) atoms. The van der Waals surface area contributed by atoms with Gasteiger partial charge in [0, 0.05) is 12.5 Å². The van der Waals surface area contributed by atoms with Crippen LogP contribution in [0.15, 0.2) is 0 Å². The van der Waals surface area contributed by atoms with Crippen LogP contribution < -0.4 is 0 Å². The SMILES string of the molecule is CCCC(O)(C(=O)O)C1CCOC(C)C1. The first-order chi connectivity index (χ1) is 7.00. The zero-order chi connectivity index (χ0) is 11.5. The lowest BCUT2D eigenvalue weighted by atomic mass is 9.77. The maximum atomic E-state index is 11.1. The van der Waals surface area contributed by atoms with Crippen molar-refractivity contribution in [1.82, 2.24) is 0 Å². The van der Waals surface area contributed by atoms with E-state index in [9.17, 15) is 9.90 Å². The summed E-state index contributed by atoms with van der Waals surface area (Å²) in [6.45, 7) is 4.35. The van der Waals surface area contributed by atoms with Gasteiger partial charge in [0.2, 0.25) is 0 Å². The molecule has 1 heterocycles. The third-order valence-corrected chi connectivity index (χ3v) is 3.16. The van der Waals surface area contributed by atoms with Crippen molar-refractivity contribution >= 4 is 5.97 Å². The molecule has 0 aliphatic carbocycles. The van der Waals surface area contributed by atoms with Crippen LogP contribution in [0.4, 0.5) is 0 Å². The summed E-state index contributed by atoms with van der Waals surface area (Å²) in [6.07, 6.45) is 2.30. The lowest BCUT2D eigenvalue weighted by molar-refractivity contribution is -0.172. The van der Waals surface area contributed by atoms with E-state index in [-0.39, 0.29) is 12.0 Å². The standard InChI is InChI=1S/C11H20O4/c1-3-5-11(14,10(12)13)9-4-6-15-8(2)7-9/h8-9,14H,3-7H2,1-2H3,(H,12,13). The molecule has 0 aromatic carbocycles. The number of aliphatic hydroxyl groups is 1. The Morgan fingerprint density at radius 2 is 2.27 bits per heavy atom. The largest absolute Gasteiger partial charge is 0.479 e. The predicted octanol–water partition coefficient (Wildman–Crippen LogP) is 1.42. The van der Waals surface area contributed by atoms with E-state index in [4.69, 9.17) is 9.84 Å². The van der Waals surface area contributed by atoms with Crippen molar-refractivity contribution < 1.29 is 19.7 Å². The van der Waals surface area contributed by atoms with Crippen molar-refractivity contribution in [3.05, 3.63) is 0 Å². The summed E-state index contributed by atoms with van der Waals surface area (Å²) >= 11 is 0. The minimum absolute atomic E-state index is 0.0477. The third kappa shape index (κ3) is 2.69. The molecular formula is C11H20O4. The van der Waals surface area contributed by atoms with E-state index in [0.717, 1.165) is 0 Å². The average molecular weight is 216 g/mol. The molecule has 2 N–H and O–H groups in total. The molecule has 1 fully saturated rings. The molecule has 3 atom stereocenters. The molecule has 88 valence electrons. The van der Waals surface area contributed by atoms with Crippen LogP contribution >= 0.6 is 0 Å². The van der Waals surface area contributed by atoms with Crippen molar-refractivity contribution in [1.29, 1.82) is 0 Å². The van der Waals surface area contributed by atoms with Gasteiger partial charge in [0.05, 0.1) is 6.10 Å². The van der Waals surface area contributed by atoms with E-state index < -0.39 is 11.6 Å². The second kappa shape index (κ2) is 4.94. The smallest absolute Gasteiger partial charge is 0.335 e. The van der Waals surface area contributed by atoms with Crippen LogP contribution in [0, 0.1) is 5.92 Å². The van der Waals surface area contributed by atoms with Gasteiger partial charge in [-0.1, -0.05) is 13.3 Å². The van der Waals surface area contributed by atoms with Gasteiger partial charge in [-0.05, 0) is 26.2 Å². The Hall–Kier alpha value is -0.610.